The molecule has 188 valence electrons. The SMILES string of the molecule is CC(=O)C1=C(O)C=C2Oc3c(-c4csc(N/N=C/c5ccc(Br)cc5)n4)c(O)c(C)c(O)c3C2(C)C1=O. The van der Waals surface area contributed by atoms with Gasteiger partial charge in [0.1, 0.15) is 39.8 Å². The van der Waals surface area contributed by atoms with Crippen molar-refractivity contribution in [1.82, 2.24) is 4.98 Å². The lowest BCUT2D eigenvalue weighted by atomic mass is 9.71. The van der Waals surface area contributed by atoms with Crippen LogP contribution in [0.2, 0.25) is 0 Å². The number of rotatable bonds is 5. The molecular formula is C26H20BrN3O6S. The maximum Gasteiger partial charge on any atom is 0.203 e. The van der Waals surface area contributed by atoms with Crippen LogP contribution >= 0.6 is 27.3 Å². The van der Waals surface area contributed by atoms with Crippen LogP contribution in [-0.4, -0.2) is 38.1 Å². The molecule has 1 unspecified atom stereocenters. The lowest BCUT2D eigenvalue weighted by molar-refractivity contribution is -0.123. The number of aromatic hydroxyl groups is 2. The Morgan fingerprint density at radius 2 is 1.92 bits per heavy atom. The van der Waals surface area contributed by atoms with Crippen LogP contribution in [0.25, 0.3) is 11.3 Å². The lowest BCUT2D eigenvalue weighted by Gasteiger charge is -2.28. The van der Waals surface area contributed by atoms with Gasteiger partial charge in [-0.2, -0.15) is 5.10 Å². The highest BCUT2D eigenvalue weighted by Gasteiger charge is 2.55. The number of phenolic OH excluding ortho intramolecular Hbond substituents is 2. The zero-order valence-electron chi connectivity index (χ0n) is 19.8. The number of ketones is 2. The van der Waals surface area contributed by atoms with E-state index in [4.69, 9.17) is 4.74 Å². The topological polar surface area (TPSA) is 141 Å². The summed E-state index contributed by atoms with van der Waals surface area (Å²) in [6.45, 7) is 4.19. The highest BCUT2D eigenvalue weighted by Crippen LogP contribution is 2.60. The summed E-state index contributed by atoms with van der Waals surface area (Å²) in [6, 6.07) is 7.57. The third kappa shape index (κ3) is 3.82. The number of phenols is 2. The molecule has 0 fully saturated rings. The molecule has 0 spiro atoms. The number of allylic oxidation sites excluding steroid dienone is 3. The monoisotopic (exact) mass is 581 g/mol. The van der Waals surface area contributed by atoms with Crippen molar-refractivity contribution < 1.29 is 29.6 Å². The number of Topliss-reactive ketones (excluding diaryl/α,β-unsaturated/α-hetero) is 2. The molecule has 2 aromatic carbocycles. The molecule has 1 aliphatic carbocycles. The maximum atomic E-state index is 13.4. The second kappa shape index (κ2) is 8.86. The largest absolute Gasteiger partial charge is 0.507 e. The van der Waals surface area contributed by atoms with E-state index in [1.165, 1.54) is 38.2 Å². The number of nitrogens with zero attached hydrogens (tertiary/aromatic N) is 2. The fourth-order valence-electron chi connectivity index (χ4n) is 4.42. The minimum Gasteiger partial charge on any atom is -0.507 e. The molecule has 3 aromatic rings. The molecule has 9 nitrogen and oxygen atoms in total. The third-order valence-corrected chi connectivity index (χ3v) is 7.68. The first-order valence-electron chi connectivity index (χ1n) is 11.0. The molecule has 1 atom stereocenters. The van der Waals surface area contributed by atoms with Crippen LogP contribution in [-0.2, 0) is 15.0 Å². The Bertz CT molecular complexity index is 1590. The van der Waals surface area contributed by atoms with Gasteiger partial charge in [0.15, 0.2) is 11.6 Å². The van der Waals surface area contributed by atoms with Crippen LogP contribution in [0.3, 0.4) is 0 Å². The maximum absolute atomic E-state index is 13.4. The lowest BCUT2D eigenvalue weighted by Crippen LogP contribution is -2.38. The van der Waals surface area contributed by atoms with Gasteiger partial charge in [0.05, 0.1) is 23.0 Å². The van der Waals surface area contributed by atoms with Crippen LogP contribution in [0.15, 0.2) is 62.4 Å². The number of halogens is 1. The summed E-state index contributed by atoms with van der Waals surface area (Å²) in [5.41, 5.74) is 2.47. The summed E-state index contributed by atoms with van der Waals surface area (Å²) in [7, 11) is 0. The van der Waals surface area contributed by atoms with Crippen molar-refractivity contribution in [1.29, 1.82) is 0 Å². The number of hydrogen-bond donors (Lipinski definition) is 4. The number of aromatic nitrogens is 1. The number of aliphatic hydroxyl groups excluding tert-OH is 1. The van der Waals surface area contributed by atoms with Gasteiger partial charge in [-0.15, -0.1) is 11.3 Å². The van der Waals surface area contributed by atoms with E-state index in [0.29, 0.717) is 10.8 Å². The fraction of sp³-hybridized carbons (Fsp3) is 0.154. The van der Waals surface area contributed by atoms with E-state index >= 15 is 0 Å². The predicted molar refractivity (Wildman–Crippen MR) is 142 cm³/mol. The van der Waals surface area contributed by atoms with Gasteiger partial charge >= 0.3 is 0 Å². The number of nitrogens with one attached hydrogen (secondary N) is 1. The van der Waals surface area contributed by atoms with Crippen LogP contribution in [0.5, 0.6) is 17.2 Å². The van der Waals surface area contributed by atoms with Gasteiger partial charge in [-0.1, -0.05) is 28.1 Å². The number of carbonyl (C=O) groups is 2. The minimum absolute atomic E-state index is 0.0236. The van der Waals surface area contributed by atoms with Crippen molar-refractivity contribution in [3.63, 3.8) is 0 Å². The third-order valence-electron chi connectivity index (χ3n) is 6.40. The number of hydrogen-bond acceptors (Lipinski definition) is 10. The zero-order valence-corrected chi connectivity index (χ0v) is 22.2. The van der Waals surface area contributed by atoms with Gasteiger partial charge in [0.25, 0.3) is 0 Å². The number of fused-ring (bicyclic) bond motifs is 3. The predicted octanol–water partition coefficient (Wildman–Crippen LogP) is 5.26. The number of carbonyl (C=O) groups excluding carboxylic acids is 2. The quantitative estimate of drug-likeness (QED) is 0.182. The van der Waals surface area contributed by atoms with Crippen molar-refractivity contribution >= 4 is 50.2 Å². The Balaban J connectivity index is 1.56. The number of aliphatic hydroxyl groups is 1. The molecular weight excluding hydrogens is 562 g/mol. The molecule has 0 amide bonds. The number of thiazole rings is 1. The molecule has 0 bridgehead atoms. The van der Waals surface area contributed by atoms with E-state index in [-0.39, 0.29) is 45.3 Å². The molecule has 1 aliphatic heterocycles. The van der Waals surface area contributed by atoms with E-state index < -0.39 is 22.7 Å². The Morgan fingerprint density at radius 3 is 2.59 bits per heavy atom. The highest BCUT2D eigenvalue weighted by molar-refractivity contribution is 9.10. The molecule has 4 N–H and O–H groups in total. The number of ether oxygens (including phenoxy) is 1. The van der Waals surface area contributed by atoms with E-state index in [0.717, 1.165) is 10.0 Å². The Kier molecular flexibility index (Phi) is 5.92. The van der Waals surface area contributed by atoms with Gasteiger partial charge < -0.3 is 20.1 Å². The Morgan fingerprint density at radius 1 is 1.22 bits per heavy atom. The van der Waals surface area contributed by atoms with E-state index in [1.807, 2.05) is 24.3 Å². The average molecular weight is 582 g/mol. The van der Waals surface area contributed by atoms with Crippen molar-refractivity contribution in [3.05, 3.63) is 74.0 Å². The number of anilines is 1. The Labute approximate surface area is 223 Å². The fourth-order valence-corrected chi connectivity index (χ4v) is 5.33. The second-order valence-electron chi connectivity index (χ2n) is 8.74. The number of hydrazone groups is 1. The normalized spacial score (nSPS) is 18.5. The van der Waals surface area contributed by atoms with Crippen molar-refractivity contribution in [3.8, 4) is 28.5 Å². The van der Waals surface area contributed by atoms with Gasteiger partial charge in [0, 0.05) is 21.5 Å². The highest BCUT2D eigenvalue weighted by atomic mass is 79.9. The molecule has 11 heteroatoms. The minimum atomic E-state index is -1.58. The first-order chi connectivity index (χ1) is 17.5. The molecule has 0 radical (unpaired) electrons. The van der Waals surface area contributed by atoms with E-state index in [2.05, 4.69) is 31.4 Å². The standard InChI is InChI=1S/C26H20BrN3O6S/c1-11-21(33)19(15-10-37-25(29-15)30-28-9-13-4-6-14(27)7-5-13)23-20(22(11)34)26(3)17(36-23)8-16(32)18(12(2)31)24(26)35/h4-10,32-34H,1-3H3,(H,29,30)/b28-9+. The van der Waals surface area contributed by atoms with Crippen LogP contribution in [0.1, 0.15) is 30.5 Å². The molecule has 2 aliphatic rings. The summed E-state index contributed by atoms with van der Waals surface area (Å²) >= 11 is 4.61. The summed E-state index contributed by atoms with van der Waals surface area (Å²) < 4.78 is 6.92. The van der Waals surface area contributed by atoms with Crippen LogP contribution in [0.4, 0.5) is 5.13 Å². The second-order valence-corrected chi connectivity index (χ2v) is 10.5. The molecule has 0 saturated carbocycles. The van der Waals surface area contributed by atoms with Crippen molar-refractivity contribution in [2.45, 2.75) is 26.2 Å². The molecule has 37 heavy (non-hydrogen) atoms. The molecule has 1 aromatic heterocycles. The van der Waals surface area contributed by atoms with Gasteiger partial charge in [-0.05, 0) is 38.5 Å². The number of benzene rings is 2. The smallest absolute Gasteiger partial charge is 0.203 e. The molecule has 2 heterocycles. The van der Waals surface area contributed by atoms with Gasteiger partial charge in [-0.3, -0.25) is 15.0 Å². The first-order valence-corrected chi connectivity index (χ1v) is 12.7. The van der Waals surface area contributed by atoms with Crippen molar-refractivity contribution in [2.24, 2.45) is 5.10 Å². The summed E-state index contributed by atoms with van der Waals surface area (Å²) in [6.07, 6.45) is 2.82. The van der Waals surface area contributed by atoms with Crippen LogP contribution < -0.4 is 10.2 Å². The molecule has 0 saturated heterocycles. The summed E-state index contributed by atoms with van der Waals surface area (Å²) in [5, 5.41) is 38.6. The van der Waals surface area contributed by atoms with Crippen LogP contribution in [0, 0.1) is 6.92 Å². The van der Waals surface area contributed by atoms with Crippen molar-refractivity contribution in [2.75, 3.05) is 5.43 Å². The Hall–Kier alpha value is -3.96. The summed E-state index contributed by atoms with van der Waals surface area (Å²) in [4.78, 5) is 30.0. The van der Waals surface area contributed by atoms with Gasteiger partial charge in [0.2, 0.25) is 5.13 Å². The average Bonchev–Trinajstić information content (AvgIpc) is 3.42. The molecule has 5 rings (SSSR count). The summed E-state index contributed by atoms with van der Waals surface area (Å²) in [5.74, 6) is -2.38. The zero-order chi connectivity index (χ0) is 26.6. The van der Waals surface area contributed by atoms with E-state index in [1.54, 1.807) is 11.6 Å². The van der Waals surface area contributed by atoms with E-state index in [9.17, 15) is 24.9 Å². The first kappa shape index (κ1) is 24.7. The van der Waals surface area contributed by atoms with Gasteiger partial charge in [-0.25, -0.2) is 4.98 Å².